The van der Waals surface area contributed by atoms with Crippen molar-refractivity contribution in [3.63, 3.8) is 0 Å². The summed E-state index contributed by atoms with van der Waals surface area (Å²) in [6.45, 7) is 5.53. The van der Waals surface area contributed by atoms with Crippen LogP contribution in [0.5, 0.6) is 0 Å². The minimum absolute atomic E-state index is 0.147. The molecule has 1 aliphatic heterocycles. The van der Waals surface area contributed by atoms with E-state index in [0.717, 1.165) is 25.7 Å². The zero-order valence-corrected chi connectivity index (χ0v) is 15.2. The second-order valence-corrected chi connectivity index (χ2v) is 10.5. The zero-order chi connectivity index (χ0) is 16.7. The van der Waals surface area contributed by atoms with E-state index >= 15 is 0 Å². The molecule has 6 heteroatoms. The summed E-state index contributed by atoms with van der Waals surface area (Å²) in [5.41, 5.74) is 0.342. The number of carbonyl (C=O) groups is 1. The molecule has 1 heterocycles. The number of nitrogens with one attached hydrogen (secondary N) is 1. The Morgan fingerprint density at radius 1 is 1.22 bits per heavy atom. The van der Waals surface area contributed by atoms with Crippen molar-refractivity contribution in [3.8, 4) is 0 Å². The largest absolute Gasteiger partial charge is 0.341 e. The average molecular weight is 343 g/mol. The lowest BCUT2D eigenvalue weighted by Crippen LogP contribution is -2.39. The minimum Gasteiger partial charge on any atom is -0.341 e. The molecule has 0 radical (unpaired) electrons. The number of carbonyl (C=O) groups excluding carboxylic acids is 1. The highest BCUT2D eigenvalue weighted by Crippen LogP contribution is 2.40. The molecule has 3 fully saturated rings. The van der Waals surface area contributed by atoms with Gasteiger partial charge in [-0.2, -0.15) is 0 Å². The summed E-state index contributed by atoms with van der Waals surface area (Å²) in [7, 11) is -3.26. The smallest absolute Gasteiger partial charge is 0.222 e. The first-order valence-electron chi connectivity index (χ1n) is 9.04. The molecule has 1 amide bonds. The third-order valence-corrected chi connectivity index (χ3v) is 7.54. The maximum atomic E-state index is 12.5. The maximum absolute atomic E-state index is 12.5. The highest BCUT2D eigenvalue weighted by molar-refractivity contribution is 7.90. The third-order valence-electron chi connectivity index (χ3n) is 5.62. The van der Waals surface area contributed by atoms with E-state index in [1.54, 1.807) is 4.90 Å². The van der Waals surface area contributed by atoms with E-state index in [9.17, 15) is 13.2 Å². The Bertz CT molecular complexity index is 554. The van der Waals surface area contributed by atoms with Crippen LogP contribution in [0.4, 0.5) is 0 Å². The molecular weight excluding hydrogens is 312 g/mol. The fraction of sp³-hybridized carbons (Fsp3) is 0.941. The van der Waals surface area contributed by atoms with E-state index in [-0.39, 0.29) is 11.9 Å². The molecule has 5 nitrogen and oxygen atoms in total. The Hall–Kier alpha value is -0.620. The summed E-state index contributed by atoms with van der Waals surface area (Å²) >= 11 is 0. The van der Waals surface area contributed by atoms with Gasteiger partial charge in [-0.3, -0.25) is 4.79 Å². The molecule has 2 aliphatic carbocycles. The van der Waals surface area contributed by atoms with E-state index < -0.39 is 15.3 Å². The predicted octanol–water partition coefficient (Wildman–Crippen LogP) is 2.28. The maximum Gasteiger partial charge on any atom is 0.222 e. The van der Waals surface area contributed by atoms with Crippen molar-refractivity contribution in [1.82, 2.24) is 9.62 Å². The van der Waals surface area contributed by atoms with E-state index in [2.05, 4.69) is 18.6 Å². The van der Waals surface area contributed by atoms with Crippen LogP contribution < -0.4 is 4.72 Å². The summed E-state index contributed by atoms with van der Waals surface area (Å²) in [6.07, 6.45) is 7.75. The van der Waals surface area contributed by atoms with Crippen LogP contribution in [0.1, 0.15) is 65.2 Å². The van der Waals surface area contributed by atoms with Gasteiger partial charge in [0.2, 0.25) is 15.9 Å². The van der Waals surface area contributed by atoms with Gasteiger partial charge in [-0.15, -0.1) is 0 Å². The van der Waals surface area contributed by atoms with Gasteiger partial charge >= 0.3 is 0 Å². The Balaban J connectivity index is 1.51. The first-order valence-corrected chi connectivity index (χ1v) is 10.6. The molecule has 0 bridgehead atoms. The minimum atomic E-state index is -3.26. The van der Waals surface area contributed by atoms with Crippen LogP contribution in [0.15, 0.2) is 0 Å². The number of hydrogen-bond acceptors (Lipinski definition) is 3. The molecule has 1 saturated heterocycles. The van der Waals surface area contributed by atoms with Crippen LogP contribution in [-0.4, -0.2) is 43.6 Å². The summed E-state index contributed by atoms with van der Waals surface area (Å²) < 4.78 is 27.3. The Kier molecular flexibility index (Phi) is 4.76. The molecule has 0 aromatic heterocycles. The van der Waals surface area contributed by atoms with Crippen LogP contribution in [-0.2, 0) is 14.8 Å². The van der Waals surface area contributed by atoms with Crippen molar-refractivity contribution in [3.05, 3.63) is 0 Å². The summed E-state index contributed by atoms with van der Waals surface area (Å²) in [6, 6.07) is 0.147. The normalized spacial score (nSPS) is 31.3. The van der Waals surface area contributed by atoms with Crippen molar-refractivity contribution in [1.29, 1.82) is 0 Å². The number of hydrogen-bond donors (Lipinski definition) is 1. The van der Waals surface area contributed by atoms with Crippen LogP contribution >= 0.6 is 0 Å². The Morgan fingerprint density at radius 2 is 1.96 bits per heavy atom. The van der Waals surface area contributed by atoms with E-state index in [1.807, 2.05) is 0 Å². The highest BCUT2D eigenvalue weighted by Gasteiger charge is 2.39. The van der Waals surface area contributed by atoms with Crippen LogP contribution in [0, 0.1) is 11.3 Å². The molecular formula is C17H30N2O3S. The van der Waals surface area contributed by atoms with Gasteiger partial charge in [0.25, 0.3) is 0 Å². The van der Waals surface area contributed by atoms with Crippen molar-refractivity contribution >= 4 is 15.9 Å². The van der Waals surface area contributed by atoms with Gasteiger partial charge in [0.05, 0.1) is 5.25 Å². The Morgan fingerprint density at radius 3 is 2.61 bits per heavy atom. The molecule has 1 N–H and O–H groups in total. The quantitative estimate of drug-likeness (QED) is 0.833. The van der Waals surface area contributed by atoms with Crippen LogP contribution in [0.3, 0.4) is 0 Å². The molecule has 2 saturated carbocycles. The molecule has 0 aromatic carbocycles. The van der Waals surface area contributed by atoms with Gasteiger partial charge in [0, 0.05) is 25.6 Å². The average Bonchev–Trinajstić information content (AvgIpc) is 3.08. The van der Waals surface area contributed by atoms with Gasteiger partial charge in [-0.05, 0) is 49.9 Å². The lowest BCUT2D eigenvalue weighted by Gasteiger charge is -2.35. The first-order chi connectivity index (χ1) is 10.8. The van der Waals surface area contributed by atoms with E-state index in [0.29, 0.717) is 37.3 Å². The first kappa shape index (κ1) is 17.2. The van der Waals surface area contributed by atoms with Gasteiger partial charge in [-0.25, -0.2) is 13.1 Å². The van der Waals surface area contributed by atoms with Crippen molar-refractivity contribution in [2.45, 2.75) is 76.5 Å². The van der Waals surface area contributed by atoms with Gasteiger partial charge in [0.15, 0.2) is 0 Å². The number of likely N-dealkylation sites (tertiary alicyclic amines) is 1. The van der Waals surface area contributed by atoms with Crippen molar-refractivity contribution < 1.29 is 13.2 Å². The molecule has 2 atom stereocenters. The lowest BCUT2D eigenvalue weighted by molar-refractivity contribution is -0.131. The molecule has 23 heavy (non-hydrogen) atoms. The predicted molar refractivity (Wildman–Crippen MR) is 90.4 cm³/mol. The van der Waals surface area contributed by atoms with Crippen molar-refractivity contribution in [2.24, 2.45) is 11.3 Å². The molecule has 0 aromatic rings. The number of nitrogens with zero attached hydrogens (tertiary/aromatic N) is 1. The second kappa shape index (κ2) is 6.36. The highest BCUT2D eigenvalue weighted by atomic mass is 32.2. The molecule has 3 aliphatic rings. The molecule has 132 valence electrons. The Labute approximate surface area is 140 Å². The number of amides is 1. The van der Waals surface area contributed by atoms with Crippen LogP contribution in [0.2, 0.25) is 0 Å². The molecule has 3 rings (SSSR count). The van der Waals surface area contributed by atoms with Gasteiger partial charge in [0.1, 0.15) is 0 Å². The fourth-order valence-corrected chi connectivity index (χ4v) is 5.83. The van der Waals surface area contributed by atoms with E-state index in [4.69, 9.17) is 0 Å². The van der Waals surface area contributed by atoms with Crippen LogP contribution in [0.25, 0.3) is 0 Å². The third kappa shape index (κ3) is 4.47. The summed E-state index contributed by atoms with van der Waals surface area (Å²) in [4.78, 5) is 14.3. The number of sulfonamides is 1. The molecule has 0 unspecified atom stereocenters. The van der Waals surface area contributed by atoms with E-state index in [1.165, 1.54) is 12.8 Å². The summed E-state index contributed by atoms with van der Waals surface area (Å²) in [5, 5.41) is -0.421. The SMILES string of the molecule is CC1(C)CCC[C@H](CC(=O)N2CC[C@@H](S(=O)(=O)NC3CC3)C2)C1. The molecule has 0 spiro atoms. The fourth-order valence-electron chi connectivity index (χ4n) is 4.14. The monoisotopic (exact) mass is 342 g/mol. The van der Waals surface area contributed by atoms with Gasteiger partial charge in [-0.1, -0.05) is 20.3 Å². The number of rotatable bonds is 5. The van der Waals surface area contributed by atoms with Crippen molar-refractivity contribution in [2.75, 3.05) is 13.1 Å². The zero-order valence-electron chi connectivity index (χ0n) is 14.4. The lowest BCUT2D eigenvalue weighted by atomic mass is 9.71. The topological polar surface area (TPSA) is 66.5 Å². The standard InChI is InChI=1S/C17H30N2O3S/c1-17(2)8-3-4-13(11-17)10-16(20)19-9-7-15(12-19)23(21,22)18-14-5-6-14/h13-15,18H,3-12H2,1-2H3/t13-,15-/m1/s1. The summed E-state index contributed by atoms with van der Waals surface area (Å²) in [5.74, 6) is 0.614. The second-order valence-electron chi connectivity index (χ2n) is 8.52. The van der Waals surface area contributed by atoms with Gasteiger partial charge < -0.3 is 4.90 Å².